The number of rotatable bonds is 4. The van der Waals surface area contributed by atoms with Crippen LogP contribution in [0.1, 0.15) is 45.2 Å². The molecule has 0 radical (unpaired) electrons. The molecular formula is C22H16N4O5S. The Morgan fingerprint density at radius 2 is 1.91 bits per heavy atom. The topological polar surface area (TPSA) is 119 Å². The number of carbonyl (C=O) groups excluding carboxylic acids is 1. The first kappa shape index (κ1) is 20.0. The van der Waals surface area contributed by atoms with E-state index in [2.05, 4.69) is 10.2 Å². The number of hydrogen-bond donors (Lipinski definition) is 0. The highest BCUT2D eigenvalue weighted by Crippen LogP contribution is 2.42. The normalized spacial score (nSPS) is 15.4. The van der Waals surface area contributed by atoms with Crippen molar-refractivity contribution in [1.82, 2.24) is 10.2 Å². The number of aromatic nitrogens is 2. The standard InChI is InChI=1S/C22H16N4O5S/c1-3-12-4-9-16-15(10-12)19(27)17-18(13-5-7-14(8-6-13)26(29)30)25(21(28)20(17)31-16)22-24-23-11(2)32-22/h4-10,18H,3H2,1-2H3. The summed E-state index contributed by atoms with van der Waals surface area (Å²) in [6.45, 7) is 3.75. The van der Waals surface area contributed by atoms with E-state index in [1.54, 1.807) is 19.1 Å². The van der Waals surface area contributed by atoms with Crippen molar-refractivity contribution in [3.63, 3.8) is 0 Å². The van der Waals surface area contributed by atoms with Gasteiger partial charge in [-0.25, -0.2) is 0 Å². The van der Waals surface area contributed by atoms with Crippen LogP contribution >= 0.6 is 11.3 Å². The van der Waals surface area contributed by atoms with E-state index in [1.807, 2.05) is 13.0 Å². The van der Waals surface area contributed by atoms with Gasteiger partial charge in [-0.05, 0) is 48.7 Å². The maximum Gasteiger partial charge on any atom is 0.297 e. The number of carbonyl (C=O) groups is 1. The first-order valence-electron chi connectivity index (χ1n) is 9.86. The van der Waals surface area contributed by atoms with Crippen molar-refractivity contribution < 1.29 is 14.1 Å². The molecule has 2 aromatic carbocycles. The van der Waals surface area contributed by atoms with Gasteiger partial charge in [-0.15, -0.1) is 10.2 Å². The Labute approximate surface area is 185 Å². The second-order valence-electron chi connectivity index (χ2n) is 7.39. The minimum absolute atomic E-state index is 0.0528. The van der Waals surface area contributed by atoms with E-state index in [9.17, 15) is 19.7 Å². The molecule has 160 valence electrons. The first-order valence-corrected chi connectivity index (χ1v) is 10.7. The number of amides is 1. The van der Waals surface area contributed by atoms with Gasteiger partial charge in [0, 0.05) is 12.1 Å². The monoisotopic (exact) mass is 448 g/mol. The molecule has 4 aromatic rings. The van der Waals surface area contributed by atoms with Gasteiger partial charge in [0.1, 0.15) is 10.6 Å². The van der Waals surface area contributed by atoms with E-state index >= 15 is 0 Å². The van der Waals surface area contributed by atoms with Gasteiger partial charge in [0.25, 0.3) is 11.6 Å². The maximum absolute atomic E-state index is 13.6. The van der Waals surface area contributed by atoms with Crippen LogP contribution in [-0.2, 0) is 6.42 Å². The van der Waals surface area contributed by atoms with Gasteiger partial charge in [-0.2, -0.15) is 0 Å². The molecule has 10 heteroatoms. The van der Waals surface area contributed by atoms with Gasteiger partial charge >= 0.3 is 0 Å². The molecule has 0 saturated heterocycles. The van der Waals surface area contributed by atoms with Crippen molar-refractivity contribution in [3.8, 4) is 0 Å². The minimum atomic E-state index is -0.836. The van der Waals surface area contributed by atoms with Crippen molar-refractivity contribution in [2.24, 2.45) is 0 Å². The Morgan fingerprint density at radius 3 is 2.53 bits per heavy atom. The predicted molar refractivity (Wildman–Crippen MR) is 118 cm³/mol. The molecule has 2 aromatic heterocycles. The Hall–Kier alpha value is -3.92. The molecule has 0 bridgehead atoms. The summed E-state index contributed by atoms with van der Waals surface area (Å²) in [5, 5.41) is 20.6. The molecule has 0 fully saturated rings. The lowest BCUT2D eigenvalue weighted by Gasteiger charge is -2.21. The molecule has 32 heavy (non-hydrogen) atoms. The summed E-state index contributed by atoms with van der Waals surface area (Å²) < 4.78 is 5.93. The molecule has 3 heterocycles. The van der Waals surface area contributed by atoms with Crippen LogP contribution in [0.3, 0.4) is 0 Å². The van der Waals surface area contributed by atoms with Crippen LogP contribution in [0.25, 0.3) is 11.0 Å². The number of hydrogen-bond acceptors (Lipinski definition) is 8. The second kappa shape index (κ2) is 7.34. The molecule has 9 nitrogen and oxygen atoms in total. The van der Waals surface area contributed by atoms with E-state index in [0.29, 0.717) is 26.7 Å². The average molecular weight is 448 g/mol. The van der Waals surface area contributed by atoms with Gasteiger partial charge in [-0.1, -0.05) is 24.3 Å². The lowest BCUT2D eigenvalue weighted by atomic mass is 9.98. The van der Waals surface area contributed by atoms with Crippen LogP contribution in [0.2, 0.25) is 0 Å². The number of non-ortho nitro benzene ring substituents is 1. The largest absolute Gasteiger partial charge is 0.450 e. The molecule has 1 aliphatic rings. The zero-order chi connectivity index (χ0) is 22.6. The fraction of sp³-hybridized carbons (Fsp3) is 0.182. The van der Waals surface area contributed by atoms with Gasteiger partial charge < -0.3 is 4.42 Å². The summed E-state index contributed by atoms with van der Waals surface area (Å²) in [6.07, 6.45) is 0.743. The molecule has 0 saturated carbocycles. The van der Waals surface area contributed by atoms with Gasteiger partial charge in [-0.3, -0.25) is 24.6 Å². The molecule has 0 aliphatic carbocycles. The predicted octanol–water partition coefficient (Wildman–Crippen LogP) is 4.17. The third-order valence-electron chi connectivity index (χ3n) is 5.48. The third-order valence-corrected chi connectivity index (χ3v) is 6.32. The molecule has 1 atom stereocenters. The second-order valence-corrected chi connectivity index (χ2v) is 8.55. The van der Waals surface area contributed by atoms with Crippen molar-refractivity contribution in [1.29, 1.82) is 0 Å². The minimum Gasteiger partial charge on any atom is -0.450 e. The number of anilines is 1. The SMILES string of the molecule is CCc1ccc2oc3c(c(=O)c2c1)C(c1ccc([N+](=O)[O-])cc1)N(c1nnc(C)s1)C3=O. The van der Waals surface area contributed by atoms with Crippen LogP contribution in [0.5, 0.6) is 0 Å². The number of nitro groups is 1. The van der Waals surface area contributed by atoms with Crippen LogP contribution < -0.4 is 10.3 Å². The Balaban J connectivity index is 1.78. The quantitative estimate of drug-likeness (QED) is 0.339. The third kappa shape index (κ3) is 2.99. The maximum atomic E-state index is 13.6. The molecule has 1 amide bonds. The lowest BCUT2D eigenvalue weighted by molar-refractivity contribution is -0.384. The highest BCUT2D eigenvalue weighted by atomic mass is 32.1. The van der Waals surface area contributed by atoms with Crippen molar-refractivity contribution >= 4 is 39.0 Å². The Bertz CT molecular complexity index is 1460. The van der Waals surface area contributed by atoms with E-state index in [4.69, 9.17) is 4.42 Å². The van der Waals surface area contributed by atoms with E-state index in [-0.39, 0.29) is 22.4 Å². The highest BCUT2D eigenvalue weighted by molar-refractivity contribution is 7.15. The molecular weight excluding hydrogens is 432 g/mol. The van der Waals surface area contributed by atoms with E-state index in [1.165, 1.54) is 40.5 Å². The highest BCUT2D eigenvalue weighted by Gasteiger charge is 2.45. The lowest BCUT2D eigenvalue weighted by Crippen LogP contribution is -2.29. The van der Waals surface area contributed by atoms with Crippen molar-refractivity contribution in [3.05, 3.63) is 90.3 Å². The first-order chi connectivity index (χ1) is 15.4. The van der Waals surface area contributed by atoms with Crippen LogP contribution in [0, 0.1) is 17.0 Å². The Kier molecular flexibility index (Phi) is 4.59. The molecule has 5 rings (SSSR count). The summed E-state index contributed by atoms with van der Waals surface area (Å²) in [4.78, 5) is 39.0. The Morgan fingerprint density at radius 1 is 1.16 bits per heavy atom. The number of nitro benzene ring substituents is 1. The van der Waals surface area contributed by atoms with Crippen LogP contribution in [0.4, 0.5) is 10.8 Å². The van der Waals surface area contributed by atoms with E-state index in [0.717, 1.165) is 12.0 Å². The summed E-state index contributed by atoms with van der Waals surface area (Å²) >= 11 is 1.21. The van der Waals surface area contributed by atoms with E-state index < -0.39 is 16.9 Å². The van der Waals surface area contributed by atoms with Crippen molar-refractivity contribution in [2.75, 3.05) is 4.90 Å². The molecule has 1 unspecified atom stereocenters. The number of aryl methyl sites for hydroxylation is 2. The fourth-order valence-corrected chi connectivity index (χ4v) is 4.63. The zero-order valence-corrected chi connectivity index (χ0v) is 17.9. The molecule has 0 spiro atoms. The smallest absolute Gasteiger partial charge is 0.297 e. The summed E-state index contributed by atoms with van der Waals surface area (Å²) in [7, 11) is 0. The molecule has 1 aliphatic heterocycles. The van der Waals surface area contributed by atoms with Gasteiger partial charge in [0.15, 0.2) is 5.43 Å². The van der Waals surface area contributed by atoms with Crippen LogP contribution in [-0.4, -0.2) is 21.0 Å². The van der Waals surface area contributed by atoms with Gasteiger partial charge in [0.2, 0.25) is 10.9 Å². The van der Waals surface area contributed by atoms with Crippen LogP contribution in [0.15, 0.2) is 51.7 Å². The average Bonchev–Trinajstić information content (AvgIpc) is 3.34. The zero-order valence-electron chi connectivity index (χ0n) is 17.1. The van der Waals surface area contributed by atoms with Gasteiger partial charge in [0.05, 0.1) is 21.9 Å². The number of fused-ring (bicyclic) bond motifs is 2. The summed E-state index contributed by atoms with van der Waals surface area (Å²) in [5.74, 6) is -0.555. The summed E-state index contributed by atoms with van der Waals surface area (Å²) in [6, 6.07) is 10.3. The van der Waals surface area contributed by atoms with Crippen molar-refractivity contribution in [2.45, 2.75) is 26.3 Å². The molecule has 0 N–H and O–H groups in total. The number of nitrogens with zero attached hydrogens (tertiary/aromatic N) is 4. The summed E-state index contributed by atoms with van der Waals surface area (Å²) in [5.41, 5.74) is 1.63. The fourth-order valence-electron chi connectivity index (χ4n) is 3.91. The number of benzene rings is 2.